The number of carbonyl (C=O) groups excluding carboxylic acids is 1. The van der Waals surface area contributed by atoms with Gasteiger partial charge in [-0.15, -0.1) is 0 Å². The molecule has 172 valence electrons. The molecule has 0 bridgehead atoms. The number of ether oxygens (including phenoxy) is 3. The van der Waals surface area contributed by atoms with Crippen LogP contribution in [0.5, 0.6) is 17.2 Å². The standard InChI is InChI=1S/C27H25N3O4/c1-32-19-12-13-21(25(16-19)33-2)26-22(17-30(29-26)18-8-4-3-5-9-18)27(31)28-23-14-15-34-24-11-7-6-10-20(23)24/h3-13,16-17,23H,14-15H2,1-2H3,(H,28,31)/t23-/m0/s1. The summed E-state index contributed by atoms with van der Waals surface area (Å²) in [5.74, 6) is 1.82. The summed E-state index contributed by atoms with van der Waals surface area (Å²) in [4.78, 5) is 13.6. The van der Waals surface area contributed by atoms with Crippen molar-refractivity contribution < 1.29 is 19.0 Å². The predicted molar refractivity (Wildman–Crippen MR) is 129 cm³/mol. The number of nitrogens with one attached hydrogen (secondary N) is 1. The van der Waals surface area contributed by atoms with Gasteiger partial charge in [-0.05, 0) is 30.3 Å². The molecule has 1 atom stereocenters. The number of nitrogens with zero attached hydrogens (tertiary/aromatic N) is 2. The van der Waals surface area contributed by atoms with Crippen LogP contribution in [0.4, 0.5) is 0 Å². The zero-order valence-corrected chi connectivity index (χ0v) is 19.0. The van der Waals surface area contributed by atoms with Crippen LogP contribution in [-0.2, 0) is 0 Å². The molecule has 0 saturated heterocycles. The minimum absolute atomic E-state index is 0.150. The third kappa shape index (κ3) is 4.08. The van der Waals surface area contributed by atoms with Gasteiger partial charge >= 0.3 is 0 Å². The number of benzene rings is 3. The highest BCUT2D eigenvalue weighted by Gasteiger charge is 2.27. The van der Waals surface area contributed by atoms with E-state index in [1.54, 1.807) is 31.2 Å². The number of fused-ring (bicyclic) bond motifs is 1. The first-order chi connectivity index (χ1) is 16.7. The Morgan fingerprint density at radius 3 is 2.62 bits per heavy atom. The highest BCUT2D eigenvalue weighted by Crippen LogP contribution is 2.36. The van der Waals surface area contributed by atoms with Crippen molar-refractivity contribution in [3.05, 3.63) is 90.1 Å². The lowest BCUT2D eigenvalue weighted by Crippen LogP contribution is -2.32. The van der Waals surface area contributed by atoms with E-state index in [4.69, 9.17) is 19.3 Å². The Kier molecular flexibility index (Phi) is 5.91. The van der Waals surface area contributed by atoms with Crippen molar-refractivity contribution in [3.63, 3.8) is 0 Å². The number of hydrogen-bond donors (Lipinski definition) is 1. The van der Waals surface area contributed by atoms with Gasteiger partial charge in [-0.25, -0.2) is 4.68 Å². The Morgan fingerprint density at radius 1 is 1.03 bits per heavy atom. The van der Waals surface area contributed by atoms with Crippen LogP contribution in [0, 0.1) is 0 Å². The zero-order valence-electron chi connectivity index (χ0n) is 19.0. The number of amides is 1. The Hall–Kier alpha value is -4.26. The molecular weight excluding hydrogens is 430 g/mol. The summed E-state index contributed by atoms with van der Waals surface area (Å²) in [7, 11) is 3.19. The van der Waals surface area contributed by atoms with Gasteiger partial charge in [0.1, 0.15) is 22.9 Å². The number of hydrogen-bond acceptors (Lipinski definition) is 5. The van der Waals surface area contributed by atoms with Crippen LogP contribution in [0.3, 0.4) is 0 Å². The van der Waals surface area contributed by atoms with E-state index in [1.165, 1.54) is 0 Å². The smallest absolute Gasteiger partial charge is 0.255 e. The molecule has 3 aromatic carbocycles. The molecule has 1 N–H and O–H groups in total. The predicted octanol–water partition coefficient (Wildman–Crippen LogP) is 4.81. The molecule has 1 aliphatic rings. The minimum atomic E-state index is -0.211. The van der Waals surface area contributed by atoms with E-state index in [0.29, 0.717) is 41.3 Å². The van der Waals surface area contributed by atoms with Crippen molar-refractivity contribution in [2.45, 2.75) is 12.5 Å². The molecule has 2 heterocycles. The molecular formula is C27H25N3O4. The topological polar surface area (TPSA) is 74.6 Å². The third-order valence-corrected chi connectivity index (χ3v) is 5.91. The second-order valence-electron chi connectivity index (χ2n) is 7.94. The Bertz CT molecular complexity index is 1320. The van der Waals surface area contributed by atoms with Gasteiger partial charge in [0.05, 0.1) is 38.1 Å². The van der Waals surface area contributed by atoms with Gasteiger partial charge in [-0.1, -0.05) is 36.4 Å². The van der Waals surface area contributed by atoms with Crippen LogP contribution >= 0.6 is 0 Å². The summed E-state index contributed by atoms with van der Waals surface area (Å²) in [5, 5.41) is 7.97. The van der Waals surface area contributed by atoms with Gasteiger partial charge in [0, 0.05) is 29.8 Å². The lowest BCUT2D eigenvalue weighted by molar-refractivity contribution is 0.0925. The molecule has 0 unspecified atom stereocenters. The fraction of sp³-hybridized carbons (Fsp3) is 0.185. The van der Waals surface area contributed by atoms with E-state index >= 15 is 0 Å². The minimum Gasteiger partial charge on any atom is -0.497 e. The van der Waals surface area contributed by atoms with Gasteiger partial charge in [0.2, 0.25) is 0 Å². The number of carbonyl (C=O) groups is 1. The van der Waals surface area contributed by atoms with Crippen molar-refractivity contribution in [1.29, 1.82) is 0 Å². The molecule has 0 saturated carbocycles. The molecule has 7 nitrogen and oxygen atoms in total. The summed E-state index contributed by atoms with van der Waals surface area (Å²) in [6.07, 6.45) is 2.45. The molecule has 7 heteroatoms. The molecule has 1 amide bonds. The van der Waals surface area contributed by atoms with Gasteiger partial charge in [0.15, 0.2) is 0 Å². The van der Waals surface area contributed by atoms with E-state index < -0.39 is 0 Å². The quantitative estimate of drug-likeness (QED) is 0.452. The third-order valence-electron chi connectivity index (χ3n) is 5.91. The van der Waals surface area contributed by atoms with Crippen molar-refractivity contribution in [2.24, 2.45) is 0 Å². The summed E-state index contributed by atoms with van der Waals surface area (Å²) < 4.78 is 18.4. The highest BCUT2D eigenvalue weighted by molar-refractivity contribution is 6.00. The maximum atomic E-state index is 13.6. The Morgan fingerprint density at radius 2 is 1.82 bits per heavy atom. The monoisotopic (exact) mass is 455 g/mol. The second kappa shape index (κ2) is 9.31. The number of rotatable bonds is 6. The van der Waals surface area contributed by atoms with Crippen molar-refractivity contribution in [2.75, 3.05) is 20.8 Å². The van der Waals surface area contributed by atoms with E-state index in [1.807, 2.05) is 66.7 Å². The van der Waals surface area contributed by atoms with Gasteiger partial charge in [-0.2, -0.15) is 5.10 Å². The molecule has 1 aliphatic heterocycles. The average Bonchev–Trinajstić information content (AvgIpc) is 3.34. The molecule has 5 rings (SSSR count). The van der Waals surface area contributed by atoms with Crippen molar-refractivity contribution >= 4 is 5.91 Å². The van der Waals surface area contributed by atoms with Crippen LogP contribution in [0.2, 0.25) is 0 Å². The van der Waals surface area contributed by atoms with E-state index in [-0.39, 0.29) is 11.9 Å². The van der Waals surface area contributed by atoms with Crippen LogP contribution < -0.4 is 19.5 Å². The van der Waals surface area contributed by atoms with E-state index in [9.17, 15) is 4.79 Å². The zero-order chi connectivity index (χ0) is 23.5. The first-order valence-corrected chi connectivity index (χ1v) is 11.1. The maximum absolute atomic E-state index is 13.6. The first kappa shape index (κ1) is 21.6. The lowest BCUT2D eigenvalue weighted by Gasteiger charge is -2.26. The fourth-order valence-corrected chi connectivity index (χ4v) is 4.17. The molecule has 0 radical (unpaired) electrons. The summed E-state index contributed by atoms with van der Waals surface area (Å²) in [6.45, 7) is 0.546. The molecule has 4 aromatic rings. The summed E-state index contributed by atoms with van der Waals surface area (Å²) in [5.41, 5.74) is 3.51. The molecule has 0 aliphatic carbocycles. The van der Waals surface area contributed by atoms with Gasteiger partial charge < -0.3 is 19.5 Å². The number of methoxy groups -OCH3 is 2. The first-order valence-electron chi connectivity index (χ1n) is 11.1. The fourth-order valence-electron chi connectivity index (χ4n) is 4.17. The van der Waals surface area contributed by atoms with Crippen LogP contribution in [0.25, 0.3) is 16.9 Å². The van der Waals surface area contributed by atoms with Crippen molar-refractivity contribution in [3.8, 4) is 34.2 Å². The summed E-state index contributed by atoms with van der Waals surface area (Å²) in [6, 6.07) is 22.8. The number of para-hydroxylation sites is 2. The molecule has 0 fully saturated rings. The average molecular weight is 456 g/mol. The number of aromatic nitrogens is 2. The second-order valence-corrected chi connectivity index (χ2v) is 7.94. The SMILES string of the molecule is COc1ccc(-c2nn(-c3ccccc3)cc2C(=O)N[C@H]2CCOc3ccccc32)c(OC)c1. The largest absolute Gasteiger partial charge is 0.497 e. The summed E-state index contributed by atoms with van der Waals surface area (Å²) >= 11 is 0. The van der Waals surface area contributed by atoms with Crippen LogP contribution in [0.1, 0.15) is 28.4 Å². The Labute approximate surface area is 197 Å². The van der Waals surface area contributed by atoms with Crippen molar-refractivity contribution in [1.82, 2.24) is 15.1 Å². The lowest BCUT2D eigenvalue weighted by atomic mass is 9.99. The van der Waals surface area contributed by atoms with Crippen LogP contribution in [-0.4, -0.2) is 36.5 Å². The highest BCUT2D eigenvalue weighted by atomic mass is 16.5. The van der Waals surface area contributed by atoms with E-state index in [0.717, 1.165) is 17.0 Å². The Balaban J connectivity index is 1.56. The molecule has 1 aromatic heterocycles. The van der Waals surface area contributed by atoms with Gasteiger partial charge in [-0.3, -0.25) is 4.79 Å². The normalized spacial score (nSPS) is 14.6. The van der Waals surface area contributed by atoms with E-state index in [2.05, 4.69) is 5.32 Å². The molecule has 34 heavy (non-hydrogen) atoms. The maximum Gasteiger partial charge on any atom is 0.255 e. The van der Waals surface area contributed by atoms with Gasteiger partial charge in [0.25, 0.3) is 5.91 Å². The van der Waals surface area contributed by atoms with Crippen LogP contribution in [0.15, 0.2) is 79.0 Å². The molecule has 0 spiro atoms.